The van der Waals surface area contributed by atoms with Crippen LogP contribution in [0.25, 0.3) is 0 Å². The van der Waals surface area contributed by atoms with Gasteiger partial charge in [-0.2, -0.15) is 0 Å². The average molecular weight is 298 g/mol. The molecule has 0 bridgehead atoms. The van der Waals surface area contributed by atoms with Gasteiger partial charge >= 0.3 is 5.97 Å². The van der Waals surface area contributed by atoms with E-state index in [2.05, 4.69) is 27.8 Å². The van der Waals surface area contributed by atoms with Gasteiger partial charge in [0.25, 0.3) is 0 Å². The van der Waals surface area contributed by atoms with Crippen LogP contribution in [0.2, 0.25) is 0 Å². The van der Waals surface area contributed by atoms with Crippen LogP contribution in [0.3, 0.4) is 0 Å². The van der Waals surface area contributed by atoms with Crippen LogP contribution in [-0.2, 0) is 0 Å². The topological polar surface area (TPSA) is 40.5 Å². The van der Waals surface area contributed by atoms with Crippen LogP contribution in [0.4, 0.5) is 5.69 Å². The van der Waals surface area contributed by atoms with Crippen LogP contribution in [0.1, 0.15) is 30.1 Å². The maximum absolute atomic E-state index is 11.0. The van der Waals surface area contributed by atoms with E-state index in [1.807, 2.05) is 6.07 Å². The lowest BCUT2D eigenvalue weighted by molar-refractivity contribution is 0.0697. The highest BCUT2D eigenvalue weighted by atomic mass is 79.9. The van der Waals surface area contributed by atoms with Crippen molar-refractivity contribution in [2.75, 3.05) is 18.0 Å². The van der Waals surface area contributed by atoms with Gasteiger partial charge in [0, 0.05) is 23.2 Å². The molecule has 1 aromatic carbocycles. The Morgan fingerprint density at radius 3 is 2.88 bits per heavy atom. The highest BCUT2D eigenvalue weighted by Gasteiger charge is 2.22. The fourth-order valence-electron chi connectivity index (χ4n) is 2.28. The number of benzene rings is 1. The van der Waals surface area contributed by atoms with Crippen molar-refractivity contribution >= 4 is 27.6 Å². The van der Waals surface area contributed by atoms with Gasteiger partial charge < -0.3 is 10.0 Å². The van der Waals surface area contributed by atoms with Crippen molar-refractivity contribution in [3.05, 3.63) is 28.2 Å². The van der Waals surface area contributed by atoms with Gasteiger partial charge in [-0.1, -0.05) is 29.3 Å². The molecule has 1 aromatic rings. The highest BCUT2D eigenvalue weighted by Crippen LogP contribution is 2.28. The summed E-state index contributed by atoms with van der Waals surface area (Å²) >= 11 is 3.37. The molecule has 1 saturated heterocycles. The number of halogens is 1. The molecule has 0 saturated carbocycles. The van der Waals surface area contributed by atoms with E-state index in [1.54, 1.807) is 12.1 Å². The van der Waals surface area contributed by atoms with Gasteiger partial charge in [-0.15, -0.1) is 0 Å². The van der Waals surface area contributed by atoms with Crippen molar-refractivity contribution in [3.8, 4) is 0 Å². The third kappa shape index (κ3) is 2.80. The standard InChI is InChI=1S/C13H16BrNO2/c1-2-9-3-4-15(8-9)12-6-10(13(16)17)5-11(14)7-12/h5-7,9H,2-4,8H2,1H3,(H,16,17). The molecule has 1 aliphatic rings. The Hall–Kier alpha value is -1.03. The van der Waals surface area contributed by atoms with Crippen molar-refractivity contribution in [2.45, 2.75) is 19.8 Å². The number of hydrogen-bond donors (Lipinski definition) is 1. The zero-order valence-corrected chi connectivity index (χ0v) is 11.4. The van der Waals surface area contributed by atoms with Gasteiger partial charge in [-0.05, 0) is 30.5 Å². The molecule has 0 spiro atoms. The molecule has 2 rings (SSSR count). The Balaban J connectivity index is 2.24. The van der Waals surface area contributed by atoms with E-state index in [0.29, 0.717) is 5.56 Å². The maximum atomic E-state index is 11.0. The summed E-state index contributed by atoms with van der Waals surface area (Å²) in [6.07, 6.45) is 2.39. The molecule has 0 aromatic heterocycles. The molecule has 1 N–H and O–H groups in total. The minimum atomic E-state index is -0.876. The van der Waals surface area contributed by atoms with Crippen molar-refractivity contribution in [1.82, 2.24) is 0 Å². The number of rotatable bonds is 3. The van der Waals surface area contributed by atoms with Crippen LogP contribution in [0.5, 0.6) is 0 Å². The number of carbonyl (C=O) groups is 1. The lowest BCUT2D eigenvalue weighted by Gasteiger charge is -2.19. The molecule has 92 valence electrons. The van der Waals surface area contributed by atoms with Crippen molar-refractivity contribution in [2.24, 2.45) is 5.92 Å². The number of hydrogen-bond acceptors (Lipinski definition) is 2. The average Bonchev–Trinajstić information content (AvgIpc) is 2.76. The van der Waals surface area contributed by atoms with Crippen LogP contribution in [0, 0.1) is 5.92 Å². The van der Waals surface area contributed by atoms with Crippen LogP contribution >= 0.6 is 15.9 Å². The van der Waals surface area contributed by atoms with Crippen LogP contribution < -0.4 is 4.90 Å². The predicted octanol–water partition coefficient (Wildman–Crippen LogP) is 3.38. The van der Waals surface area contributed by atoms with Gasteiger partial charge in [-0.3, -0.25) is 0 Å². The lowest BCUT2D eigenvalue weighted by atomic mass is 10.1. The first-order valence-corrected chi connectivity index (χ1v) is 6.68. The summed E-state index contributed by atoms with van der Waals surface area (Å²) in [4.78, 5) is 13.3. The molecule has 4 heteroatoms. The first-order valence-electron chi connectivity index (χ1n) is 5.89. The summed E-state index contributed by atoms with van der Waals surface area (Å²) in [7, 11) is 0. The Kier molecular flexibility index (Phi) is 3.72. The maximum Gasteiger partial charge on any atom is 0.335 e. The molecule has 17 heavy (non-hydrogen) atoms. The monoisotopic (exact) mass is 297 g/mol. The molecular formula is C13H16BrNO2. The Bertz CT molecular complexity index is 433. The number of aromatic carboxylic acids is 1. The van der Waals surface area contributed by atoms with E-state index in [-0.39, 0.29) is 0 Å². The van der Waals surface area contributed by atoms with Crippen molar-refractivity contribution < 1.29 is 9.90 Å². The third-order valence-corrected chi connectivity index (χ3v) is 3.82. The molecule has 1 atom stereocenters. The lowest BCUT2D eigenvalue weighted by Crippen LogP contribution is -2.19. The zero-order valence-electron chi connectivity index (χ0n) is 9.82. The quantitative estimate of drug-likeness (QED) is 0.930. The van der Waals surface area contributed by atoms with Crippen LogP contribution in [-0.4, -0.2) is 24.2 Å². The van der Waals surface area contributed by atoms with E-state index < -0.39 is 5.97 Å². The highest BCUT2D eigenvalue weighted by molar-refractivity contribution is 9.10. The largest absolute Gasteiger partial charge is 0.478 e. The van der Waals surface area contributed by atoms with Crippen LogP contribution in [0.15, 0.2) is 22.7 Å². The van der Waals surface area contributed by atoms with E-state index in [9.17, 15) is 4.79 Å². The smallest absolute Gasteiger partial charge is 0.335 e. The second-order valence-electron chi connectivity index (χ2n) is 4.51. The molecule has 0 amide bonds. The first kappa shape index (κ1) is 12.4. The summed E-state index contributed by atoms with van der Waals surface area (Å²) in [5, 5.41) is 9.04. The van der Waals surface area contributed by atoms with Gasteiger partial charge in [0.05, 0.1) is 5.56 Å². The SMILES string of the molecule is CCC1CCN(c2cc(Br)cc(C(=O)O)c2)C1. The number of carboxylic acids is 1. The second kappa shape index (κ2) is 5.08. The molecule has 1 heterocycles. The fourth-order valence-corrected chi connectivity index (χ4v) is 2.76. The molecule has 1 unspecified atom stereocenters. The molecular weight excluding hydrogens is 282 g/mol. The summed E-state index contributed by atoms with van der Waals surface area (Å²) < 4.78 is 0.826. The van der Waals surface area contributed by atoms with E-state index in [0.717, 1.165) is 29.2 Å². The first-order chi connectivity index (χ1) is 8.10. The molecule has 0 radical (unpaired) electrons. The van der Waals surface area contributed by atoms with E-state index >= 15 is 0 Å². The molecule has 3 nitrogen and oxygen atoms in total. The number of nitrogens with zero attached hydrogens (tertiary/aromatic N) is 1. The second-order valence-corrected chi connectivity index (χ2v) is 5.43. The Morgan fingerprint density at radius 1 is 1.53 bits per heavy atom. The third-order valence-electron chi connectivity index (χ3n) is 3.36. The molecule has 1 fully saturated rings. The van der Waals surface area contributed by atoms with Crippen molar-refractivity contribution in [1.29, 1.82) is 0 Å². The van der Waals surface area contributed by atoms with Gasteiger partial charge in [0.1, 0.15) is 0 Å². The summed E-state index contributed by atoms with van der Waals surface area (Å²) in [6, 6.07) is 5.38. The van der Waals surface area contributed by atoms with E-state index in [4.69, 9.17) is 5.11 Å². The Morgan fingerprint density at radius 2 is 2.29 bits per heavy atom. The minimum Gasteiger partial charge on any atom is -0.478 e. The summed E-state index contributed by atoms with van der Waals surface area (Å²) in [5.41, 5.74) is 1.35. The molecule has 0 aliphatic carbocycles. The number of anilines is 1. The van der Waals surface area contributed by atoms with E-state index in [1.165, 1.54) is 12.8 Å². The number of carboxylic acid groups (broad SMARTS) is 1. The summed E-state index contributed by atoms with van der Waals surface area (Å²) in [6.45, 7) is 4.26. The van der Waals surface area contributed by atoms with Gasteiger partial charge in [0.15, 0.2) is 0 Å². The molecule has 1 aliphatic heterocycles. The predicted molar refractivity (Wildman–Crippen MR) is 71.7 cm³/mol. The minimum absolute atomic E-state index is 0.342. The van der Waals surface area contributed by atoms with Gasteiger partial charge in [-0.25, -0.2) is 4.79 Å². The fraction of sp³-hybridized carbons (Fsp3) is 0.462. The Labute approximate surface area is 110 Å². The summed E-state index contributed by atoms with van der Waals surface area (Å²) in [5.74, 6) is -0.138. The zero-order chi connectivity index (χ0) is 12.4. The van der Waals surface area contributed by atoms with Gasteiger partial charge in [0.2, 0.25) is 0 Å². The normalized spacial score (nSPS) is 19.6. The van der Waals surface area contributed by atoms with Crippen molar-refractivity contribution in [3.63, 3.8) is 0 Å².